The molecule has 0 N–H and O–H groups in total. The molecule has 0 aliphatic carbocycles. The van der Waals surface area contributed by atoms with Crippen molar-refractivity contribution in [3.63, 3.8) is 0 Å². The molecule has 9 aromatic carbocycles. The number of thiophene rings is 1. The minimum absolute atomic E-state index is 0.579. The van der Waals surface area contributed by atoms with Gasteiger partial charge in [0, 0.05) is 58.2 Å². The van der Waals surface area contributed by atoms with E-state index in [0.29, 0.717) is 17.5 Å². The summed E-state index contributed by atoms with van der Waals surface area (Å²) >= 11 is 1.78. The van der Waals surface area contributed by atoms with Crippen LogP contribution in [-0.4, -0.2) is 19.5 Å². The van der Waals surface area contributed by atoms with Crippen LogP contribution in [-0.2, 0) is 0 Å². The van der Waals surface area contributed by atoms with E-state index in [1.54, 1.807) is 11.3 Å². The number of rotatable bonds is 4. The molecule has 0 fully saturated rings. The Hall–Kier alpha value is -7.67. The summed E-state index contributed by atoms with van der Waals surface area (Å²) in [6.45, 7) is 0. The molecule has 5 nitrogen and oxygen atoms in total. The first-order valence-corrected chi connectivity index (χ1v) is 20.6. The Morgan fingerprint density at radius 3 is 2.02 bits per heavy atom. The number of hydrogen-bond donors (Lipinski definition) is 0. The van der Waals surface area contributed by atoms with Crippen molar-refractivity contribution >= 4 is 96.8 Å². The van der Waals surface area contributed by atoms with Crippen LogP contribution in [0.15, 0.2) is 186 Å². The first kappa shape index (κ1) is 32.4. The molecule has 0 aliphatic heterocycles. The van der Waals surface area contributed by atoms with Crippen LogP contribution in [0, 0.1) is 0 Å². The van der Waals surface area contributed by atoms with Gasteiger partial charge in [-0.2, -0.15) is 0 Å². The van der Waals surface area contributed by atoms with Gasteiger partial charge in [0.05, 0.1) is 22.3 Å². The van der Waals surface area contributed by atoms with Crippen molar-refractivity contribution in [1.29, 1.82) is 0 Å². The second-order valence-corrected chi connectivity index (χ2v) is 16.2. The highest BCUT2D eigenvalue weighted by molar-refractivity contribution is 7.26. The van der Waals surface area contributed by atoms with Gasteiger partial charge in [0.25, 0.3) is 0 Å². The summed E-state index contributed by atoms with van der Waals surface area (Å²) in [6.07, 6.45) is 0. The molecule has 0 bridgehead atoms. The van der Waals surface area contributed by atoms with E-state index in [1.165, 1.54) is 47.8 Å². The average Bonchev–Trinajstić information content (AvgIpc) is 3.97. The van der Waals surface area contributed by atoms with Gasteiger partial charge in [-0.1, -0.05) is 140 Å². The van der Waals surface area contributed by atoms with Crippen LogP contribution in [0.1, 0.15) is 0 Å². The van der Waals surface area contributed by atoms with Crippen LogP contribution in [0.3, 0.4) is 0 Å². The summed E-state index contributed by atoms with van der Waals surface area (Å²) in [5.74, 6) is 1.81. The Balaban J connectivity index is 1.21. The molecule has 0 aliphatic rings. The van der Waals surface area contributed by atoms with E-state index in [4.69, 9.17) is 19.4 Å². The van der Waals surface area contributed by atoms with Gasteiger partial charge in [-0.25, -0.2) is 15.0 Å². The van der Waals surface area contributed by atoms with Crippen LogP contribution >= 0.6 is 11.3 Å². The number of furan rings is 1. The molecule has 274 valence electrons. The van der Waals surface area contributed by atoms with Gasteiger partial charge in [0.2, 0.25) is 0 Å². The highest BCUT2D eigenvalue weighted by Crippen LogP contribution is 2.46. The van der Waals surface area contributed by atoms with Gasteiger partial charge in [0.1, 0.15) is 11.2 Å². The predicted octanol–water partition coefficient (Wildman–Crippen LogP) is 14.5. The van der Waals surface area contributed by atoms with Gasteiger partial charge in [0.15, 0.2) is 17.5 Å². The molecule has 59 heavy (non-hydrogen) atoms. The fourth-order valence-corrected chi connectivity index (χ4v) is 10.4. The molecule has 13 rings (SSSR count). The first-order valence-electron chi connectivity index (χ1n) is 19.8. The van der Waals surface area contributed by atoms with Gasteiger partial charge in [-0.05, 0) is 58.6 Å². The lowest BCUT2D eigenvalue weighted by molar-refractivity contribution is 0.669. The van der Waals surface area contributed by atoms with Crippen molar-refractivity contribution < 1.29 is 4.42 Å². The van der Waals surface area contributed by atoms with E-state index in [1.807, 2.05) is 30.3 Å². The first-order chi connectivity index (χ1) is 29.2. The van der Waals surface area contributed by atoms with Gasteiger partial charge in [-0.3, -0.25) is 0 Å². The van der Waals surface area contributed by atoms with E-state index in [0.717, 1.165) is 60.0 Å². The lowest BCUT2D eigenvalue weighted by atomic mass is 10.0. The molecule has 0 atom stereocenters. The Kier molecular flexibility index (Phi) is 6.82. The SMILES string of the molecule is c1ccc(-c2nc(-c3cccc4c3sc3ccccc34)nc(-c3c(-n4c5cc6ccccc6cc5c5ccc6ccccc6c54)ccc4oc5ccccc5c34)n2)cc1. The van der Waals surface area contributed by atoms with Gasteiger partial charge in [-0.15, -0.1) is 11.3 Å². The summed E-state index contributed by atoms with van der Waals surface area (Å²) in [4.78, 5) is 16.2. The van der Waals surface area contributed by atoms with E-state index in [-0.39, 0.29) is 0 Å². The number of hydrogen-bond acceptors (Lipinski definition) is 5. The van der Waals surface area contributed by atoms with Crippen molar-refractivity contribution in [1.82, 2.24) is 19.5 Å². The monoisotopic (exact) mass is 770 g/mol. The molecule has 0 spiro atoms. The molecule has 4 aromatic heterocycles. The third-order valence-electron chi connectivity index (χ3n) is 11.8. The van der Waals surface area contributed by atoms with E-state index < -0.39 is 0 Å². The van der Waals surface area contributed by atoms with Crippen molar-refractivity contribution in [3.05, 3.63) is 182 Å². The number of benzene rings is 9. The lowest BCUT2D eigenvalue weighted by Crippen LogP contribution is -2.04. The zero-order valence-corrected chi connectivity index (χ0v) is 32.2. The lowest BCUT2D eigenvalue weighted by Gasteiger charge is -2.17. The van der Waals surface area contributed by atoms with Crippen LogP contribution in [0.5, 0.6) is 0 Å². The molecular formula is C53H30N4OS. The van der Waals surface area contributed by atoms with Gasteiger partial charge < -0.3 is 8.98 Å². The maximum absolute atomic E-state index is 6.63. The molecule has 0 radical (unpaired) electrons. The molecule has 6 heteroatoms. The number of aromatic nitrogens is 4. The number of para-hydroxylation sites is 1. The average molecular weight is 771 g/mol. The molecular weight excluding hydrogens is 741 g/mol. The molecule has 13 aromatic rings. The minimum Gasteiger partial charge on any atom is -0.456 e. The van der Waals surface area contributed by atoms with Crippen LogP contribution in [0.2, 0.25) is 0 Å². The standard InChI is InChI=1S/C53H30N4OS/c1-2-14-32(15-3-1)51-54-52(40-22-12-21-38-36-19-9-11-24-46(36)59-50(38)40)56-53(55-51)48-42(27-28-45-47(48)39-20-8-10-23-44(39)58-45)57-43-30-34-17-5-4-16-33(34)29-41(43)37-26-25-31-13-6-7-18-35(31)49(37)57/h1-30H. The topological polar surface area (TPSA) is 56.7 Å². The molecule has 0 amide bonds. The van der Waals surface area contributed by atoms with Gasteiger partial charge >= 0.3 is 0 Å². The van der Waals surface area contributed by atoms with Crippen molar-refractivity contribution in [2.75, 3.05) is 0 Å². The fourth-order valence-electron chi connectivity index (χ4n) is 9.18. The van der Waals surface area contributed by atoms with E-state index in [2.05, 4.69) is 156 Å². The molecule has 0 saturated heterocycles. The summed E-state index contributed by atoms with van der Waals surface area (Å²) < 4.78 is 11.5. The predicted molar refractivity (Wildman–Crippen MR) is 246 cm³/mol. The second kappa shape index (κ2) is 12.4. The number of fused-ring (bicyclic) bond motifs is 12. The maximum Gasteiger partial charge on any atom is 0.166 e. The summed E-state index contributed by atoms with van der Waals surface area (Å²) in [6, 6.07) is 64.3. The highest BCUT2D eigenvalue weighted by atomic mass is 32.1. The Morgan fingerprint density at radius 2 is 1.14 bits per heavy atom. The zero-order valence-electron chi connectivity index (χ0n) is 31.4. The van der Waals surface area contributed by atoms with Crippen molar-refractivity contribution in [2.24, 2.45) is 0 Å². The third-order valence-corrected chi connectivity index (χ3v) is 13.0. The van der Waals surface area contributed by atoms with Crippen LogP contribution in [0.25, 0.3) is 125 Å². The second-order valence-electron chi connectivity index (χ2n) is 15.1. The summed E-state index contributed by atoms with van der Waals surface area (Å²) in [5.41, 5.74) is 7.57. The normalized spacial score (nSPS) is 12.1. The van der Waals surface area contributed by atoms with E-state index in [9.17, 15) is 0 Å². The van der Waals surface area contributed by atoms with Crippen LogP contribution in [0.4, 0.5) is 0 Å². The minimum atomic E-state index is 0.579. The fraction of sp³-hybridized carbons (Fsp3) is 0. The maximum atomic E-state index is 6.63. The highest BCUT2D eigenvalue weighted by Gasteiger charge is 2.26. The molecule has 4 heterocycles. The van der Waals surface area contributed by atoms with Crippen molar-refractivity contribution in [2.45, 2.75) is 0 Å². The molecule has 0 saturated carbocycles. The summed E-state index contributed by atoms with van der Waals surface area (Å²) in [7, 11) is 0. The van der Waals surface area contributed by atoms with Crippen molar-refractivity contribution in [3.8, 4) is 39.9 Å². The zero-order chi connectivity index (χ0) is 38.6. The Labute approximate surface area is 341 Å². The Morgan fingerprint density at radius 1 is 0.441 bits per heavy atom. The smallest absolute Gasteiger partial charge is 0.166 e. The number of nitrogens with zero attached hydrogens (tertiary/aromatic N) is 4. The largest absolute Gasteiger partial charge is 0.456 e. The van der Waals surface area contributed by atoms with E-state index >= 15 is 0 Å². The Bertz CT molecular complexity index is 3860. The third kappa shape index (κ3) is 4.81. The molecule has 0 unspecified atom stereocenters. The summed E-state index contributed by atoms with van der Waals surface area (Å²) in [5, 5.41) is 11.5. The van der Waals surface area contributed by atoms with Crippen LogP contribution < -0.4 is 0 Å². The quantitative estimate of drug-likeness (QED) is 0.179.